The molecule has 8 heteroatoms. The highest BCUT2D eigenvalue weighted by Crippen LogP contribution is 2.38. The highest BCUT2D eigenvalue weighted by molar-refractivity contribution is 5.95. The van der Waals surface area contributed by atoms with Crippen LogP contribution < -0.4 is 14.2 Å². The number of hydrogen-bond acceptors (Lipinski definition) is 6. The molecule has 8 nitrogen and oxygen atoms in total. The van der Waals surface area contributed by atoms with Crippen LogP contribution in [0.25, 0.3) is 0 Å². The molecule has 0 spiro atoms. The van der Waals surface area contributed by atoms with E-state index in [9.17, 15) is 9.59 Å². The maximum absolute atomic E-state index is 13.0. The fourth-order valence-electron chi connectivity index (χ4n) is 3.10. The molecule has 1 fully saturated rings. The smallest absolute Gasteiger partial charge is 0.254 e. The van der Waals surface area contributed by atoms with Gasteiger partial charge in [-0.05, 0) is 18.6 Å². The van der Waals surface area contributed by atoms with Gasteiger partial charge in [-0.25, -0.2) is 0 Å². The van der Waals surface area contributed by atoms with Gasteiger partial charge in [0.05, 0.1) is 34.4 Å². The van der Waals surface area contributed by atoms with Crippen molar-refractivity contribution in [3.05, 3.63) is 17.7 Å². The average molecular weight is 380 g/mol. The molecule has 1 heterocycles. The predicted molar refractivity (Wildman–Crippen MR) is 99.7 cm³/mol. The molecule has 0 bridgehead atoms. The number of hydrogen-bond donors (Lipinski definition) is 0. The van der Waals surface area contributed by atoms with Gasteiger partial charge < -0.3 is 28.7 Å². The molecule has 2 amide bonds. The molecule has 1 saturated heterocycles. The van der Waals surface area contributed by atoms with E-state index in [1.54, 1.807) is 29.0 Å². The number of ether oxygens (including phenoxy) is 4. The van der Waals surface area contributed by atoms with Crippen molar-refractivity contribution in [2.24, 2.45) is 0 Å². The van der Waals surface area contributed by atoms with Crippen LogP contribution in [0.1, 0.15) is 23.2 Å². The fourth-order valence-corrected chi connectivity index (χ4v) is 3.10. The summed E-state index contributed by atoms with van der Waals surface area (Å²) in [6.45, 7) is 2.63. The fraction of sp³-hybridized carbons (Fsp3) is 0.579. The summed E-state index contributed by atoms with van der Waals surface area (Å²) in [6.07, 6.45) is 1.09. The van der Waals surface area contributed by atoms with Crippen LogP contribution >= 0.6 is 0 Å². The molecule has 0 unspecified atom stereocenters. The minimum Gasteiger partial charge on any atom is -0.493 e. The lowest BCUT2D eigenvalue weighted by Crippen LogP contribution is -2.37. The van der Waals surface area contributed by atoms with E-state index >= 15 is 0 Å². The summed E-state index contributed by atoms with van der Waals surface area (Å²) < 4.78 is 20.9. The zero-order valence-corrected chi connectivity index (χ0v) is 16.4. The number of nitrogens with zero attached hydrogens (tertiary/aromatic N) is 2. The summed E-state index contributed by atoms with van der Waals surface area (Å²) in [6, 6.07) is 3.30. The van der Waals surface area contributed by atoms with Gasteiger partial charge in [-0.2, -0.15) is 0 Å². The molecule has 0 atom stereocenters. The molecular weight excluding hydrogens is 352 g/mol. The molecular formula is C19H28N2O6. The van der Waals surface area contributed by atoms with E-state index in [1.807, 2.05) is 0 Å². The van der Waals surface area contributed by atoms with Crippen molar-refractivity contribution in [1.29, 1.82) is 0 Å². The van der Waals surface area contributed by atoms with Crippen molar-refractivity contribution in [2.45, 2.75) is 12.8 Å². The Balaban J connectivity index is 2.12. The highest BCUT2D eigenvalue weighted by atomic mass is 16.5. The summed E-state index contributed by atoms with van der Waals surface area (Å²) in [7, 11) is 6.13. The van der Waals surface area contributed by atoms with Gasteiger partial charge in [0.1, 0.15) is 0 Å². The lowest BCUT2D eigenvalue weighted by molar-refractivity contribution is -0.132. The minimum absolute atomic E-state index is 0.0546. The quantitative estimate of drug-likeness (QED) is 0.712. The first-order chi connectivity index (χ1) is 13.0. The van der Waals surface area contributed by atoms with Crippen LogP contribution in [-0.4, -0.2) is 82.8 Å². The van der Waals surface area contributed by atoms with Crippen LogP contribution in [0, 0.1) is 0 Å². The zero-order valence-electron chi connectivity index (χ0n) is 16.4. The van der Waals surface area contributed by atoms with Crippen LogP contribution in [0.4, 0.5) is 0 Å². The molecule has 1 aliphatic heterocycles. The highest BCUT2D eigenvalue weighted by Gasteiger charge is 2.24. The molecule has 2 rings (SSSR count). The largest absolute Gasteiger partial charge is 0.493 e. The van der Waals surface area contributed by atoms with Gasteiger partial charge in [0.15, 0.2) is 11.5 Å². The molecule has 150 valence electrons. The second-order valence-corrected chi connectivity index (χ2v) is 6.18. The standard InChI is InChI=1S/C19H28N2O6/c1-24-11-6-17(22)20-7-5-8-21(10-9-20)19(23)14-12-15(25-2)18(27-4)16(13-14)26-3/h12-13H,5-11H2,1-4H3. The van der Waals surface area contributed by atoms with Crippen molar-refractivity contribution in [3.63, 3.8) is 0 Å². The van der Waals surface area contributed by atoms with E-state index in [0.717, 1.165) is 6.42 Å². The van der Waals surface area contributed by atoms with Crippen LogP contribution in [-0.2, 0) is 9.53 Å². The second kappa shape index (κ2) is 10.0. The van der Waals surface area contributed by atoms with Crippen molar-refractivity contribution in [1.82, 2.24) is 9.80 Å². The summed E-state index contributed by atoms with van der Waals surface area (Å²) in [5.41, 5.74) is 0.462. The number of carbonyl (C=O) groups excluding carboxylic acids is 2. The van der Waals surface area contributed by atoms with Gasteiger partial charge in [-0.1, -0.05) is 0 Å². The van der Waals surface area contributed by atoms with Gasteiger partial charge >= 0.3 is 0 Å². The molecule has 0 N–H and O–H groups in total. The molecule has 27 heavy (non-hydrogen) atoms. The van der Waals surface area contributed by atoms with Crippen LogP contribution in [0.5, 0.6) is 17.2 Å². The Bertz CT molecular complexity index is 639. The van der Waals surface area contributed by atoms with E-state index in [0.29, 0.717) is 62.0 Å². The minimum atomic E-state index is -0.125. The third kappa shape index (κ3) is 5.03. The van der Waals surface area contributed by atoms with E-state index in [-0.39, 0.29) is 11.8 Å². The summed E-state index contributed by atoms with van der Waals surface area (Å²) in [4.78, 5) is 28.7. The van der Waals surface area contributed by atoms with Crippen LogP contribution in [0.2, 0.25) is 0 Å². The Kier molecular flexibility index (Phi) is 7.72. The third-order valence-corrected chi connectivity index (χ3v) is 4.57. The first kappa shape index (κ1) is 20.8. The van der Waals surface area contributed by atoms with Crippen molar-refractivity contribution in [3.8, 4) is 17.2 Å². The Morgan fingerprint density at radius 1 is 0.889 bits per heavy atom. The maximum Gasteiger partial charge on any atom is 0.254 e. The maximum atomic E-state index is 13.0. The van der Waals surface area contributed by atoms with Crippen LogP contribution in [0.15, 0.2) is 12.1 Å². The Morgan fingerprint density at radius 3 is 2.04 bits per heavy atom. The number of benzene rings is 1. The van der Waals surface area contributed by atoms with Crippen molar-refractivity contribution >= 4 is 11.8 Å². The molecule has 0 aliphatic carbocycles. The monoisotopic (exact) mass is 380 g/mol. The number of amides is 2. The second-order valence-electron chi connectivity index (χ2n) is 6.18. The lowest BCUT2D eigenvalue weighted by atomic mass is 10.1. The third-order valence-electron chi connectivity index (χ3n) is 4.57. The van der Waals surface area contributed by atoms with E-state index in [2.05, 4.69) is 0 Å². The predicted octanol–water partition coefficient (Wildman–Crippen LogP) is 1.42. The Morgan fingerprint density at radius 2 is 1.48 bits per heavy atom. The number of rotatable bonds is 7. The first-order valence-electron chi connectivity index (χ1n) is 8.91. The van der Waals surface area contributed by atoms with Crippen molar-refractivity contribution in [2.75, 3.05) is 61.2 Å². The number of carbonyl (C=O) groups is 2. The topological polar surface area (TPSA) is 77.5 Å². The van der Waals surface area contributed by atoms with E-state index in [4.69, 9.17) is 18.9 Å². The zero-order chi connectivity index (χ0) is 19.8. The first-order valence-corrected chi connectivity index (χ1v) is 8.91. The normalized spacial score (nSPS) is 14.5. The molecule has 0 radical (unpaired) electrons. The van der Waals surface area contributed by atoms with E-state index in [1.165, 1.54) is 21.3 Å². The summed E-state index contributed by atoms with van der Waals surface area (Å²) in [5, 5.41) is 0. The summed E-state index contributed by atoms with van der Waals surface area (Å²) >= 11 is 0. The SMILES string of the molecule is COCCC(=O)N1CCCN(C(=O)c2cc(OC)c(OC)c(OC)c2)CC1. The van der Waals surface area contributed by atoms with Crippen LogP contribution in [0.3, 0.4) is 0 Å². The van der Waals surface area contributed by atoms with Gasteiger partial charge in [0.25, 0.3) is 5.91 Å². The van der Waals surface area contributed by atoms with E-state index < -0.39 is 0 Å². The van der Waals surface area contributed by atoms with Gasteiger partial charge in [-0.3, -0.25) is 9.59 Å². The Labute approximate surface area is 159 Å². The molecule has 1 aromatic carbocycles. The van der Waals surface area contributed by atoms with Crippen molar-refractivity contribution < 1.29 is 28.5 Å². The summed E-state index contributed by atoms with van der Waals surface area (Å²) in [5.74, 6) is 1.25. The lowest BCUT2D eigenvalue weighted by Gasteiger charge is -2.23. The Hall–Kier alpha value is -2.48. The van der Waals surface area contributed by atoms with Gasteiger partial charge in [0.2, 0.25) is 11.7 Å². The van der Waals surface area contributed by atoms with Gasteiger partial charge in [-0.15, -0.1) is 0 Å². The van der Waals surface area contributed by atoms with Gasteiger partial charge in [0, 0.05) is 38.9 Å². The average Bonchev–Trinajstić information content (AvgIpc) is 2.96. The number of methoxy groups -OCH3 is 4. The molecule has 1 aliphatic rings. The molecule has 0 aromatic heterocycles. The molecule has 0 saturated carbocycles. The molecule has 1 aromatic rings.